The van der Waals surface area contributed by atoms with E-state index >= 15 is 0 Å². The summed E-state index contributed by atoms with van der Waals surface area (Å²) in [7, 11) is 0. The van der Waals surface area contributed by atoms with Gasteiger partial charge in [0.2, 0.25) is 0 Å². The summed E-state index contributed by atoms with van der Waals surface area (Å²) in [5.74, 6) is -1.42. The monoisotopic (exact) mass is 286 g/mol. The molecule has 0 aliphatic carbocycles. The number of aromatic carboxylic acids is 1. The average molecular weight is 286 g/mol. The zero-order chi connectivity index (χ0) is 15.2. The molecule has 0 aliphatic rings. The lowest BCUT2D eigenvalue weighted by Crippen LogP contribution is -2.06. The van der Waals surface area contributed by atoms with Crippen LogP contribution in [0.3, 0.4) is 0 Å². The highest BCUT2D eigenvalue weighted by Gasteiger charge is 2.14. The maximum Gasteiger partial charge on any atom is 0.338 e. The van der Waals surface area contributed by atoms with Crippen LogP contribution < -0.4 is 4.74 Å². The Hall–Kier alpha value is -2.62. The van der Waals surface area contributed by atoms with Crippen molar-refractivity contribution in [2.75, 3.05) is 0 Å². The standard InChI is InChI=1S/C17H15FO3/c1-2-6-12-7-3-4-10-15(12)21-11-13-8-5-9-14(16(13)18)17(19)20/h2-10H,11H2,1H3,(H,19,20)/b6-2+. The van der Waals surface area contributed by atoms with Crippen LogP contribution in [0.15, 0.2) is 48.5 Å². The Morgan fingerprint density at radius 2 is 2.00 bits per heavy atom. The van der Waals surface area contributed by atoms with Gasteiger partial charge in [-0.05, 0) is 19.1 Å². The Labute approximate surface area is 122 Å². The molecule has 21 heavy (non-hydrogen) atoms. The summed E-state index contributed by atoms with van der Waals surface area (Å²) >= 11 is 0. The molecule has 0 radical (unpaired) electrons. The van der Waals surface area contributed by atoms with Crippen molar-refractivity contribution in [3.8, 4) is 5.75 Å². The van der Waals surface area contributed by atoms with E-state index < -0.39 is 11.8 Å². The van der Waals surface area contributed by atoms with Gasteiger partial charge in [0.15, 0.2) is 0 Å². The van der Waals surface area contributed by atoms with Crippen molar-refractivity contribution < 1.29 is 19.0 Å². The fourth-order valence-corrected chi connectivity index (χ4v) is 1.94. The first-order chi connectivity index (χ1) is 10.1. The summed E-state index contributed by atoms with van der Waals surface area (Å²) in [6, 6.07) is 11.6. The number of carbonyl (C=O) groups is 1. The number of halogens is 1. The van der Waals surface area contributed by atoms with Gasteiger partial charge in [0.25, 0.3) is 0 Å². The Morgan fingerprint density at radius 1 is 1.24 bits per heavy atom. The van der Waals surface area contributed by atoms with Crippen molar-refractivity contribution in [3.05, 3.63) is 71.0 Å². The largest absolute Gasteiger partial charge is 0.488 e. The molecule has 0 amide bonds. The van der Waals surface area contributed by atoms with Crippen molar-refractivity contribution in [1.82, 2.24) is 0 Å². The Morgan fingerprint density at radius 3 is 2.71 bits per heavy atom. The zero-order valence-electron chi connectivity index (χ0n) is 11.5. The van der Waals surface area contributed by atoms with Gasteiger partial charge in [-0.15, -0.1) is 0 Å². The highest BCUT2D eigenvalue weighted by atomic mass is 19.1. The van der Waals surface area contributed by atoms with Crippen LogP contribution in [-0.2, 0) is 6.61 Å². The summed E-state index contributed by atoms with van der Waals surface area (Å²) in [5, 5.41) is 8.90. The molecule has 0 heterocycles. The second-order valence-corrected chi connectivity index (χ2v) is 4.41. The smallest absolute Gasteiger partial charge is 0.338 e. The Bertz CT molecular complexity index is 677. The van der Waals surface area contributed by atoms with E-state index in [2.05, 4.69) is 0 Å². The van der Waals surface area contributed by atoms with Crippen molar-refractivity contribution in [2.24, 2.45) is 0 Å². The number of carboxylic acids is 1. The van der Waals surface area contributed by atoms with Gasteiger partial charge in [0.1, 0.15) is 18.2 Å². The summed E-state index contributed by atoms with van der Waals surface area (Å²) in [4.78, 5) is 10.9. The number of hydrogen-bond donors (Lipinski definition) is 1. The first-order valence-electron chi connectivity index (χ1n) is 6.48. The van der Waals surface area contributed by atoms with E-state index in [0.717, 1.165) is 5.56 Å². The quantitative estimate of drug-likeness (QED) is 0.898. The van der Waals surface area contributed by atoms with Gasteiger partial charge in [-0.25, -0.2) is 9.18 Å². The van der Waals surface area contributed by atoms with E-state index in [9.17, 15) is 9.18 Å². The molecule has 0 unspecified atom stereocenters. The lowest BCUT2D eigenvalue weighted by Gasteiger charge is -2.10. The van der Waals surface area contributed by atoms with E-state index in [-0.39, 0.29) is 17.7 Å². The lowest BCUT2D eigenvalue weighted by atomic mass is 10.1. The molecule has 0 atom stereocenters. The topological polar surface area (TPSA) is 46.5 Å². The van der Waals surface area contributed by atoms with Gasteiger partial charge in [0, 0.05) is 11.1 Å². The van der Waals surface area contributed by atoms with Gasteiger partial charge in [0.05, 0.1) is 5.56 Å². The highest BCUT2D eigenvalue weighted by molar-refractivity contribution is 5.88. The van der Waals surface area contributed by atoms with Crippen LogP contribution in [0.2, 0.25) is 0 Å². The number of allylic oxidation sites excluding steroid dienone is 1. The maximum atomic E-state index is 14.0. The van der Waals surface area contributed by atoms with Crippen LogP contribution in [0.4, 0.5) is 4.39 Å². The van der Waals surface area contributed by atoms with Gasteiger partial charge in [-0.3, -0.25) is 0 Å². The third-order valence-electron chi connectivity index (χ3n) is 2.96. The number of rotatable bonds is 5. The number of hydrogen-bond acceptors (Lipinski definition) is 2. The van der Waals surface area contributed by atoms with Crippen molar-refractivity contribution in [1.29, 1.82) is 0 Å². The summed E-state index contributed by atoms with van der Waals surface area (Å²) in [6.07, 6.45) is 3.77. The first-order valence-corrected chi connectivity index (χ1v) is 6.48. The van der Waals surface area contributed by atoms with E-state index in [0.29, 0.717) is 5.75 Å². The third-order valence-corrected chi connectivity index (χ3v) is 2.96. The molecule has 0 bridgehead atoms. The number of para-hydroxylation sites is 1. The minimum atomic E-state index is -1.29. The lowest BCUT2D eigenvalue weighted by molar-refractivity contribution is 0.0691. The molecule has 1 N–H and O–H groups in total. The Kier molecular flexibility index (Phi) is 4.72. The minimum Gasteiger partial charge on any atom is -0.488 e. The second kappa shape index (κ2) is 6.70. The van der Waals surface area contributed by atoms with Crippen LogP contribution in [-0.4, -0.2) is 11.1 Å². The summed E-state index contributed by atoms with van der Waals surface area (Å²) in [6.45, 7) is 1.87. The first kappa shape index (κ1) is 14.8. The van der Waals surface area contributed by atoms with Gasteiger partial charge in [-0.2, -0.15) is 0 Å². The van der Waals surface area contributed by atoms with Crippen LogP contribution in [0.25, 0.3) is 6.08 Å². The number of benzene rings is 2. The molecular formula is C17H15FO3. The molecule has 0 aliphatic heterocycles. The number of ether oxygens (including phenoxy) is 1. The van der Waals surface area contributed by atoms with E-state index in [1.807, 2.05) is 37.3 Å². The molecule has 0 saturated heterocycles. The molecule has 2 rings (SSSR count). The molecule has 2 aromatic rings. The predicted molar refractivity (Wildman–Crippen MR) is 78.8 cm³/mol. The summed E-state index contributed by atoms with van der Waals surface area (Å²) < 4.78 is 19.6. The van der Waals surface area contributed by atoms with Crippen molar-refractivity contribution >= 4 is 12.0 Å². The van der Waals surface area contributed by atoms with Crippen LogP contribution in [0.5, 0.6) is 5.75 Å². The van der Waals surface area contributed by atoms with Crippen LogP contribution in [0, 0.1) is 5.82 Å². The predicted octanol–water partition coefficient (Wildman–Crippen LogP) is 4.14. The van der Waals surface area contributed by atoms with Gasteiger partial charge >= 0.3 is 5.97 Å². The zero-order valence-corrected chi connectivity index (χ0v) is 11.5. The molecule has 4 heteroatoms. The van der Waals surface area contributed by atoms with E-state index in [4.69, 9.17) is 9.84 Å². The molecule has 0 aromatic heterocycles. The fourth-order valence-electron chi connectivity index (χ4n) is 1.94. The minimum absolute atomic E-state index is 0.0263. The molecule has 2 aromatic carbocycles. The average Bonchev–Trinajstić information content (AvgIpc) is 2.47. The molecule has 0 fully saturated rings. The van der Waals surface area contributed by atoms with E-state index in [1.54, 1.807) is 6.07 Å². The van der Waals surface area contributed by atoms with Gasteiger partial charge in [-0.1, -0.05) is 42.5 Å². The number of carboxylic acid groups (broad SMARTS) is 1. The van der Waals surface area contributed by atoms with Crippen molar-refractivity contribution in [3.63, 3.8) is 0 Å². The third kappa shape index (κ3) is 3.48. The van der Waals surface area contributed by atoms with E-state index in [1.165, 1.54) is 18.2 Å². The second-order valence-electron chi connectivity index (χ2n) is 4.41. The highest BCUT2D eigenvalue weighted by Crippen LogP contribution is 2.22. The molecule has 0 saturated carbocycles. The SMILES string of the molecule is C/C=C/c1ccccc1OCc1cccc(C(=O)O)c1F. The fraction of sp³-hybridized carbons (Fsp3) is 0.118. The molecule has 108 valence electrons. The molecular weight excluding hydrogens is 271 g/mol. The van der Waals surface area contributed by atoms with Crippen LogP contribution in [0.1, 0.15) is 28.4 Å². The van der Waals surface area contributed by atoms with Crippen molar-refractivity contribution in [2.45, 2.75) is 13.5 Å². The maximum absolute atomic E-state index is 14.0. The molecule has 0 spiro atoms. The normalized spacial score (nSPS) is 10.8. The summed E-state index contributed by atoms with van der Waals surface area (Å²) in [5.41, 5.74) is 0.748. The molecule has 3 nitrogen and oxygen atoms in total. The Balaban J connectivity index is 2.21. The van der Waals surface area contributed by atoms with Crippen LogP contribution >= 0.6 is 0 Å². The van der Waals surface area contributed by atoms with Gasteiger partial charge < -0.3 is 9.84 Å².